The van der Waals surface area contributed by atoms with Crippen molar-refractivity contribution in [2.45, 2.75) is 32.8 Å². The summed E-state index contributed by atoms with van der Waals surface area (Å²) in [5.41, 5.74) is 0. The van der Waals surface area contributed by atoms with E-state index in [4.69, 9.17) is 4.74 Å². The van der Waals surface area contributed by atoms with Crippen molar-refractivity contribution in [3.05, 3.63) is 6.92 Å². The van der Waals surface area contributed by atoms with Crippen molar-refractivity contribution in [1.29, 1.82) is 0 Å². The van der Waals surface area contributed by atoms with E-state index in [0.29, 0.717) is 0 Å². The fraction of sp³-hybridized carbons (Fsp3) is 0.667. The van der Waals surface area contributed by atoms with Crippen molar-refractivity contribution in [2.24, 2.45) is 0 Å². The lowest BCUT2D eigenvalue weighted by atomic mass is 10.4. The lowest BCUT2D eigenvalue weighted by molar-refractivity contribution is -0.151. The summed E-state index contributed by atoms with van der Waals surface area (Å²) in [5.74, 6) is -0.760. The van der Waals surface area contributed by atoms with E-state index in [1.807, 2.05) is 0 Å². The molecule has 75 valence electrons. The molecule has 0 amide bonds. The summed E-state index contributed by atoms with van der Waals surface area (Å²) < 4.78 is 9.46. The fourth-order valence-electron chi connectivity index (χ4n) is 0.642. The number of hydrogen-bond acceptors (Lipinski definition) is 4. The highest BCUT2D eigenvalue weighted by atomic mass is 16.6. The monoisotopic (exact) mass is 187 g/mol. The van der Waals surface area contributed by atoms with E-state index in [2.05, 4.69) is 11.7 Å². The highest BCUT2D eigenvalue weighted by molar-refractivity contribution is 5.72. The standard InChI is InChI=1S/C9H15O4/c1-4-8(10)12-6-5-9(11)13-7(2)3/h7H,1,4-6H2,2-3H3. The predicted molar refractivity (Wildman–Crippen MR) is 46.8 cm³/mol. The van der Waals surface area contributed by atoms with Gasteiger partial charge in [0.25, 0.3) is 0 Å². The molecule has 1 radical (unpaired) electrons. The highest BCUT2D eigenvalue weighted by Gasteiger charge is 2.06. The summed E-state index contributed by atoms with van der Waals surface area (Å²) in [6.45, 7) is 6.94. The van der Waals surface area contributed by atoms with Crippen LogP contribution in [-0.4, -0.2) is 24.6 Å². The van der Waals surface area contributed by atoms with E-state index in [1.54, 1.807) is 13.8 Å². The Hall–Kier alpha value is -1.06. The Morgan fingerprint density at radius 1 is 1.31 bits per heavy atom. The second kappa shape index (κ2) is 6.46. The molecule has 0 rings (SSSR count). The number of hydrogen-bond donors (Lipinski definition) is 0. The van der Waals surface area contributed by atoms with Crippen LogP contribution in [0.2, 0.25) is 0 Å². The van der Waals surface area contributed by atoms with E-state index in [1.165, 1.54) is 0 Å². The van der Waals surface area contributed by atoms with Crippen LogP contribution in [0.3, 0.4) is 0 Å². The van der Waals surface area contributed by atoms with Crippen molar-refractivity contribution in [1.82, 2.24) is 0 Å². The van der Waals surface area contributed by atoms with Gasteiger partial charge in [0.15, 0.2) is 0 Å². The molecule has 0 aliphatic rings. The van der Waals surface area contributed by atoms with Gasteiger partial charge in [0.2, 0.25) is 0 Å². The van der Waals surface area contributed by atoms with Gasteiger partial charge in [0.1, 0.15) is 6.61 Å². The zero-order chi connectivity index (χ0) is 10.3. The third-order valence-corrected chi connectivity index (χ3v) is 1.14. The van der Waals surface area contributed by atoms with Gasteiger partial charge in [-0.2, -0.15) is 0 Å². The molecule has 0 N–H and O–H groups in total. The summed E-state index contributed by atoms with van der Waals surface area (Å²) in [5, 5.41) is 0. The molecule has 0 saturated heterocycles. The zero-order valence-corrected chi connectivity index (χ0v) is 8.04. The predicted octanol–water partition coefficient (Wildman–Crippen LogP) is 1.10. The van der Waals surface area contributed by atoms with Gasteiger partial charge in [-0.1, -0.05) is 0 Å². The number of rotatable bonds is 5. The molecule has 0 heterocycles. The minimum absolute atomic E-state index is 0.0694. The molecule has 0 atom stereocenters. The summed E-state index contributed by atoms with van der Waals surface area (Å²) >= 11 is 0. The first kappa shape index (κ1) is 11.9. The van der Waals surface area contributed by atoms with E-state index in [-0.39, 0.29) is 31.5 Å². The fourth-order valence-corrected chi connectivity index (χ4v) is 0.642. The lowest BCUT2D eigenvalue weighted by Crippen LogP contribution is -2.14. The van der Waals surface area contributed by atoms with Gasteiger partial charge in [-0.05, 0) is 20.8 Å². The molecule has 0 spiro atoms. The van der Waals surface area contributed by atoms with Crippen molar-refractivity contribution in [3.63, 3.8) is 0 Å². The summed E-state index contributed by atoms with van der Waals surface area (Å²) in [7, 11) is 0. The molecule has 0 bridgehead atoms. The zero-order valence-electron chi connectivity index (χ0n) is 8.04. The van der Waals surface area contributed by atoms with Gasteiger partial charge < -0.3 is 9.47 Å². The lowest BCUT2D eigenvalue weighted by Gasteiger charge is -2.07. The second-order valence-electron chi connectivity index (χ2n) is 2.76. The normalized spacial score (nSPS) is 9.85. The topological polar surface area (TPSA) is 52.6 Å². The summed E-state index contributed by atoms with van der Waals surface area (Å²) in [6.07, 6.45) is 0.0550. The highest BCUT2D eigenvalue weighted by Crippen LogP contribution is 1.94. The van der Waals surface area contributed by atoms with Crippen LogP contribution in [-0.2, 0) is 19.1 Å². The van der Waals surface area contributed by atoms with Crippen LogP contribution in [0.15, 0.2) is 0 Å². The molecule has 0 saturated carbocycles. The molecule has 0 aromatic carbocycles. The largest absolute Gasteiger partial charge is 0.465 e. The molecule has 4 nitrogen and oxygen atoms in total. The van der Waals surface area contributed by atoms with Gasteiger partial charge in [-0.25, -0.2) is 0 Å². The molecule has 0 unspecified atom stereocenters. The van der Waals surface area contributed by atoms with Gasteiger partial charge in [-0.3, -0.25) is 9.59 Å². The quantitative estimate of drug-likeness (QED) is 0.605. The van der Waals surface area contributed by atoms with Gasteiger partial charge in [0, 0.05) is 6.42 Å². The molecule has 0 fully saturated rings. The van der Waals surface area contributed by atoms with Gasteiger partial charge >= 0.3 is 11.9 Å². The molecule has 4 heteroatoms. The van der Waals surface area contributed by atoms with Crippen LogP contribution in [0.25, 0.3) is 0 Å². The average Bonchev–Trinajstić information content (AvgIpc) is 2.02. The second-order valence-corrected chi connectivity index (χ2v) is 2.76. The third kappa shape index (κ3) is 7.31. The SMILES string of the molecule is [CH2]CC(=O)OCCC(=O)OC(C)C. The van der Waals surface area contributed by atoms with Crippen LogP contribution < -0.4 is 0 Å². The van der Waals surface area contributed by atoms with Crippen LogP contribution >= 0.6 is 0 Å². The Bertz CT molecular complexity index is 174. The van der Waals surface area contributed by atoms with Crippen LogP contribution in [0.1, 0.15) is 26.7 Å². The Balaban J connectivity index is 3.42. The molecule has 0 aliphatic heterocycles. The first-order valence-corrected chi connectivity index (χ1v) is 4.20. The van der Waals surface area contributed by atoms with E-state index in [0.717, 1.165) is 0 Å². The minimum Gasteiger partial charge on any atom is -0.465 e. The van der Waals surface area contributed by atoms with Crippen LogP contribution in [0.5, 0.6) is 0 Å². The molecule has 0 aliphatic carbocycles. The third-order valence-electron chi connectivity index (χ3n) is 1.14. The number of esters is 2. The van der Waals surface area contributed by atoms with Gasteiger partial charge in [0.05, 0.1) is 12.5 Å². The Labute approximate surface area is 78.2 Å². The molecule has 0 aromatic heterocycles. The molecular formula is C9H15O4. The maximum absolute atomic E-state index is 10.9. The molecule has 0 aromatic rings. The number of carbonyl (C=O) groups is 2. The smallest absolute Gasteiger partial charge is 0.309 e. The molecular weight excluding hydrogens is 172 g/mol. The van der Waals surface area contributed by atoms with Crippen LogP contribution in [0.4, 0.5) is 0 Å². The Morgan fingerprint density at radius 3 is 2.38 bits per heavy atom. The first-order valence-electron chi connectivity index (χ1n) is 4.20. The maximum Gasteiger partial charge on any atom is 0.309 e. The minimum atomic E-state index is -0.405. The Kier molecular flexibility index (Phi) is 5.93. The van der Waals surface area contributed by atoms with E-state index >= 15 is 0 Å². The van der Waals surface area contributed by atoms with Crippen LogP contribution in [0, 0.1) is 6.92 Å². The first-order chi connectivity index (χ1) is 6.06. The van der Waals surface area contributed by atoms with Crippen molar-refractivity contribution >= 4 is 11.9 Å². The average molecular weight is 187 g/mol. The number of carbonyl (C=O) groups excluding carboxylic acids is 2. The van der Waals surface area contributed by atoms with E-state index < -0.39 is 5.97 Å². The van der Waals surface area contributed by atoms with Crippen molar-refractivity contribution in [2.75, 3.05) is 6.61 Å². The summed E-state index contributed by atoms with van der Waals surface area (Å²) in [6, 6.07) is 0. The summed E-state index contributed by atoms with van der Waals surface area (Å²) in [4.78, 5) is 21.5. The number of ether oxygens (including phenoxy) is 2. The van der Waals surface area contributed by atoms with Crippen molar-refractivity contribution in [3.8, 4) is 0 Å². The maximum atomic E-state index is 10.9. The van der Waals surface area contributed by atoms with E-state index in [9.17, 15) is 9.59 Å². The van der Waals surface area contributed by atoms with Crippen molar-refractivity contribution < 1.29 is 19.1 Å². The van der Waals surface area contributed by atoms with Gasteiger partial charge in [-0.15, -0.1) is 0 Å². The Morgan fingerprint density at radius 2 is 1.92 bits per heavy atom. The molecule has 13 heavy (non-hydrogen) atoms.